The molecule has 4 nitrogen and oxygen atoms in total. The van der Waals surface area contributed by atoms with Crippen LogP contribution >= 0.6 is 0 Å². The van der Waals surface area contributed by atoms with Crippen LogP contribution in [0.1, 0.15) is 96.4 Å². The van der Waals surface area contributed by atoms with Crippen molar-refractivity contribution in [3.05, 3.63) is 64.8 Å². The zero-order valence-corrected chi connectivity index (χ0v) is 21.5. The highest BCUT2D eigenvalue weighted by Crippen LogP contribution is 2.42. The Hall–Kier alpha value is -2.49. The van der Waals surface area contributed by atoms with E-state index in [9.17, 15) is 0 Å². The third-order valence-corrected chi connectivity index (χ3v) is 6.75. The number of aromatic nitrogens is 2. The van der Waals surface area contributed by atoms with Crippen LogP contribution < -0.4 is 5.32 Å². The Balaban J connectivity index is 1.66. The molecule has 2 N–H and O–H groups in total. The second-order valence-corrected chi connectivity index (χ2v) is 9.59. The molecule has 0 amide bonds. The minimum atomic E-state index is 0.401. The Morgan fingerprint density at radius 3 is 2.67 bits per heavy atom. The maximum atomic E-state index is 6.39. The van der Waals surface area contributed by atoms with Crippen LogP contribution in [0.15, 0.2) is 47.9 Å². The van der Waals surface area contributed by atoms with Crippen molar-refractivity contribution in [2.75, 3.05) is 5.32 Å². The molecule has 1 aliphatic rings. The lowest BCUT2D eigenvalue weighted by molar-refractivity contribution is 0.223. The molecule has 2 aromatic rings. The van der Waals surface area contributed by atoms with Crippen LogP contribution in [0.25, 0.3) is 0 Å². The van der Waals surface area contributed by atoms with E-state index in [4.69, 9.17) is 4.74 Å². The summed E-state index contributed by atoms with van der Waals surface area (Å²) in [5, 5.41) is 11.4. The quantitative estimate of drug-likeness (QED) is 0.338. The number of ether oxygens (including phenoxy) is 1. The van der Waals surface area contributed by atoms with Gasteiger partial charge in [-0.1, -0.05) is 47.1 Å². The number of aromatic amines is 1. The number of nitrogens with one attached hydrogen (secondary N) is 2. The Labute approximate surface area is 200 Å². The number of aryl methyl sites for hydroxylation is 2. The molecule has 0 radical (unpaired) electrons. The molecule has 0 saturated heterocycles. The SMILES string of the molecule is C/C=C(\O/C(=C/CC)C1CCC(c2cc(Nc3ccc(CC)c(CCC)c3)n[nH]2)C1)C(C)C. The number of hydrogen-bond donors (Lipinski definition) is 2. The van der Waals surface area contributed by atoms with Crippen LogP contribution in [0.5, 0.6) is 0 Å². The highest BCUT2D eigenvalue weighted by atomic mass is 16.5. The summed E-state index contributed by atoms with van der Waals surface area (Å²) in [6.45, 7) is 13.1. The molecule has 2 unspecified atom stereocenters. The van der Waals surface area contributed by atoms with Gasteiger partial charge in [-0.2, -0.15) is 5.10 Å². The number of H-pyrrole nitrogens is 1. The molecule has 1 saturated carbocycles. The standard InChI is InChI=1S/C29H43N3O/c1-7-11-22-18-25(16-15-21(22)9-3)30-29-19-26(31-32-29)23-13-14-24(17-23)28(12-8-2)33-27(10-4)20(5)6/h10,12,15-16,18-20,23-24H,7-9,11,13-14,17H2,1-6H3,(H2,30,31,32)/b27-10-,28-12+. The largest absolute Gasteiger partial charge is 0.466 e. The Morgan fingerprint density at radius 1 is 1.18 bits per heavy atom. The molecule has 1 aromatic carbocycles. The molecule has 33 heavy (non-hydrogen) atoms. The fourth-order valence-electron chi connectivity index (χ4n) is 4.97. The van der Waals surface area contributed by atoms with Gasteiger partial charge in [0.05, 0.1) is 0 Å². The van der Waals surface area contributed by atoms with Crippen LogP contribution in [0, 0.1) is 11.8 Å². The first-order valence-electron chi connectivity index (χ1n) is 13.0. The molecular weight excluding hydrogens is 406 g/mol. The average Bonchev–Trinajstić information content (AvgIpc) is 3.46. The fourth-order valence-corrected chi connectivity index (χ4v) is 4.97. The highest BCUT2D eigenvalue weighted by molar-refractivity contribution is 5.58. The molecule has 4 heteroatoms. The van der Waals surface area contributed by atoms with E-state index in [0.717, 1.165) is 68.0 Å². The molecule has 0 bridgehead atoms. The summed E-state index contributed by atoms with van der Waals surface area (Å²) in [5.41, 5.74) is 5.23. The third kappa shape index (κ3) is 6.52. The van der Waals surface area contributed by atoms with Crippen molar-refractivity contribution in [3.63, 3.8) is 0 Å². The molecule has 0 aliphatic heterocycles. The van der Waals surface area contributed by atoms with Crippen LogP contribution in [-0.4, -0.2) is 10.2 Å². The topological polar surface area (TPSA) is 49.9 Å². The summed E-state index contributed by atoms with van der Waals surface area (Å²) in [5.74, 6) is 4.49. The van der Waals surface area contributed by atoms with E-state index in [1.807, 2.05) is 0 Å². The van der Waals surface area contributed by atoms with Crippen LogP contribution in [0.4, 0.5) is 11.5 Å². The molecule has 2 atom stereocenters. The summed E-state index contributed by atoms with van der Waals surface area (Å²) in [6.07, 6.45) is 12.2. The van der Waals surface area contributed by atoms with Crippen LogP contribution in [0.2, 0.25) is 0 Å². The molecule has 1 fully saturated rings. The first kappa shape index (κ1) is 25.1. The van der Waals surface area contributed by atoms with Crippen LogP contribution in [0.3, 0.4) is 0 Å². The predicted molar refractivity (Wildman–Crippen MR) is 140 cm³/mol. The zero-order valence-electron chi connectivity index (χ0n) is 21.5. The van der Waals surface area contributed by atoms with Crippen LogP contribution in [-0.2, 0) is 17.6 Å². The lowest BCUT2D eigenvalue weighted by atomic mass is 9.99. The lowest BCUT2D eigenvalue weighted by Crippen LogP contribution is -2.07. The average molecular weight is 450 g/mol. The smallest absolute Gasteiger partial charge is 0.152 e. The van der Waals surface area contributed by atoms with Crippen molar-refractivity contribution >= 4 is 11.5 Å². The summed E-state index contributed by atoms with van der Waals surface area (Å²) >= 11 is 0. The number of rotatable bonds is 11. The minimum Gasteiger partial charge on any atom is -0.466 e. The molecule has 1 aromatic heterocycles. The van der Waals surface area contributed by atoms with E-state index in [1.165, 1.54) is 16.8 Å². The van der Waals surface area contributed by atoms with Crippen molar-refractivity contribution < 1.29 is 4.74 Å². The monoisotopic (exact) mass is 449 g/mol. The lowest BCUT2D eigenvalue weighted by Gasteiger charge is -2.20. The molecule has 1 aliphatic carbocycles. The second-order valence-electron chi connectivity index (χ2n) is 9.59. The van der Waals surface area contributed by atoms with Crippen molar-refractivity contribution in [2.24, 2.45) is 11.8 Å². The van der Waals surface area contributed by atoms with Gasteiger partial charge in [-0.15, -0.1) is 0 Å². The van der Waals surface area contributed by atoms with E-state index in [-0.39, 0.29) is 0 Å². The Kier molecular flexibility index (Phi) is 9.22. The van der Waals surface area contributed by atoms with E-state index < -0.39 is 0 Å². The third-order valence-electron chi connectivity index (χ3n) is 6.75. The first-order chi connectivity index (χ1) is 16.0. The zero-order chi connectivity index (χ0) is 23.8. The summed E-state index contributed by atoms with van der Waals surface area (Å²) in [6, 6.07) is 8.90. The second kappa shape index (κ2) is 12.1. The van der Waals surface area contributed by atoms with E-state index in [2.05, 4.69) is 93.5 Å². The van der Waals surface area contributed by atoms with Crippen molar-refractivity contribution in [1.29, 1.82) is 0 Å². The summed E-state index contributed by atoms with van der Waals surface area (Å²) in [4.78, 5) is 0. The van der Waals surface area contributed by atoms with Gasteiger partial charge in [0.15, 0.2) is 5.82 Å². The van der Waals surface area contributed by atoms with Gasteiger partial charge >= 0.3 is 0 Å². The number of benzene rings is 1. The highest BCUT2D eigenvalue weighted by Gasteiger charge is 2.31. The number of nitrogens with zero attached hydrogens (tertiary/aromatic N) is 1. The molecule has 1 heterocycles. The Morgan fingerprint density at radius 2 is 2.00 bits per heavy atom. The summed E-state index contributed by atoms with van der Waals surface area (Å²) < 4.78 is 6.39. The molecule has 0 spiro atoms. The minimum absolute atomic E-state index is 0.401. The normalized spacial score (nSPS) is 19.4. The van der Waals surface area contributed by atoms with Gasteiger partial charge in [0.2, 0.25) is 0 Å². The molecule has 180 valence electrons. The van der Waals surface area contributed by atoms with Crippen molar-refractivity contribution in [2.45, 2.75) is 92.4 Å². The van der Waals surface area contributed by atoms with E-state index >= 15 is 0 Å². The van der Waals surface area contributed by atoms with Crippen molar-refractivity contribution in [1.82, 2.24) is 10.2 Å². The number of anilines is 2. The van der Waals surface area contributed by atoms with Gasteiger partial charge in [-0.25, -0.2) is 0 Å². The Bertz CT molecular complexity index is 954. The maximum Gasteiger partial charge on any atom is 0.152 e. The first-order valence-corrected chi connectivity index (χ1v) is 13.0. The number of hydrogen-bond acceptors (Lipinski definition) is 3. The fraction of sp³-hybridized carbons (Fsp3) is 0.552. The molecule has 3 rings (SSSR count). The van der Waals surface area contributed by atoms with Gasteiger partial charge in [-0.05, 0) is 80.9 Å². The van der Waals surface area contributed by atoms with E-state index in [1.54, 1.807) is 0 Å². The van der Waals surface area contributed by atoms with Gasteiger partial charge in [0.25, 0.3) is 0 Å². The van der Waals surface area contributed by atoms with Gasteiger partial charge in [-0.3, -0.25) is 5.10 Å². The van der Waals surface area contributed by atoms with Gasteiger partial charge in [0, 0.05) is 35.2 Å². The predicted octanol–water partition coefficient (Wildman–Crippen LogP) is 8.42. The van der Waals surface area contributed by atoms with Crippen molar-refractivity contribution in [3.8, 4) is 0 Å². The van der Waals surface area contributed by atoms with E-state index in [0.29, 0.717) is 17.8 Å². The summed E-state index contributed by atoms with van der Waals surface area (Å²) in [7, 11) is 0. The molecular formula is C29H43N3O. The maximum absolute atomic E-state index is 6.39. The van der Waals surface area contributed by atoms with Gasteiger partial charge < -0.3 is 10.1 Å². The number of allylic oxidation sites excluding steroid dienone is 4. The van der Waals surface area contributed by atoms with Gasteiger partial charge in [0.1, 0.15) is 11.5 Å².